The molecule has 0 aliphatic carbocycles. The third-order valence-corrected chi connectivity index (χ3v) is 2.85. The third kappa shape index (κ3) is 3.50. The quantitative estimate of drug-likeness (QED) is 0.714. The van der Waals surface area contributed by atoms with Crippen LogP contribution in [0, 0.1) is 6.92 Å². The highest BCUT2D eigenvalue weighted by Gasteiger charge is 2.09. The minimum atomic E-state index is -1.45. The van der Waals surface area contributed by atoms with E-state index in [1.807, 2.05) is 0 Å². The van der Waals surface area contributed by atoms with Gasteiger partial charge in [-0.15, -0.1) is 0 Å². The van der Waals surface area contributed by atoms with E-state index >= 15 is 0 Å². The Morgan fingerprint density at radius 3 is 2.32 bits per heavy atom. The molecule has 0 atom stereocenters. The zero-order valence-corrected chi connectivity index (χ0v) is 10.6. The van der Waals surface area contributed by atoms with Gasteiger partial charge in [-0.2, -0.15) is 0 Å². The van der Waals surface area contributed by atoms with Crippen LogP contribution in [0.1, 0.15) is 11.1 Å². The van der Waals surface area contributed by atoms with Crippen LogP contribution < -0.4 is 10.2 Å². The molecule has 5 heteroatoms. The lowest BCUT2D eigenvalue weighted by molar-refractivity contribution is 0.305. The van der Waals surface area contributed by atoms with E-state index in [1.165, 1.54) is 0 Å². The van der Waals surface area contributed by atoms with Gasteiger partial charge < -0.3 is 19.9 Å². The normalized spacial score (nSPS) is 10.3. The average Bonchev–Trinajstić information content (AvgIpc) is 2.40. The molecular weight excluding hydrogens is 243 g/mol. The highest BCUT2D eigenvalue weighted by atomic mass is 16.5. The fourth-order valence-electron chi connectivity index (χ4n) is 1.67. The summed E-state index contributed by atoms with van der Waals surface area (Å²) in [5.74, 6) is 0.926. The topological polar surface area (TPSA) is 69.9 Å². The molecule has 0 aliphatic heterocycles. The number of rotatable bonds is 4. The Morgan fingerprint density at radius 1 is 1.05 bits per heavy atom. The molecule has 19 heavy (non-hydrogen) atoms. The summed E-state index contributed by atoms with van der Waals surface area (Å²) in [4.78, 5) is 0. The molecule has 0 aliphatic rings. The molecule has 0 saturated carbocycles. The summed E-state index contributed by atoms with van der Waals surface area (Å²) < 4.78 is 5.59. The van der Waals surface area contributed by atoms with Crippen LogP contribution in [0.25, 0.3) is 0 Å². The van der Waals surface area contributed by atoms with E-state index < -0.39 is 7.12 Å². The first-order valence-electron chi connectivity index (χ1n) is 5.93. The molecule has 0 bridgehead atoms. The molecule has 4 nitrogen and oxygen atoms in total. The van der Waals surface area contributed by atoms with E-state index in [4.69, 9.17) is 14.8 Å². The van der Waals surface area contributed by atoms with Crippen molar-refractivity contribution in [2.45, 2.75) is 13.5 Å². The number of aryl methyl sites for hydroxylation is 1. The van der Waals surface area contributed by atoms with Crippen molar-refractivity contribution in [3.63, 3.8) is 0 Å². The van der Waals surface area contributed by atoms with Crippen LogP contribution in [-0.2, 0) is 6.61 Å². The molecule has 0 unspecified atom stereocenters. The van der Waals surface area contributed by atoms with Crippen LogP contribution in [0.2, 0.25) is 0 Å². The molecule has 0 spiro atoms. The van der Waals surface area contributed by atoms with E-state index in [0.717, 1.165) is 11.1 Å². The SMILES string of the molecule is Cc1cc(OCc2ccc(B(O)O)cc2)ccc1O. The van der Waals surface area contributed by atoms with Crippen LogP contribution >= 0.6 is 0 Å². The molecule has 0 fully saturated rings. The zero-order chi connectivity index (χ0) is 13.8. The van der Waals surface area contributed by atoms with E-state index in [1.54, 1.807) is 49.4 Å². The fourth-order valence-corrected chi connectivity index (χ4v) is 1.67. The lowest BCUT2D eigenvalue weighted by Crippen LogP contribution is -2.29. The monoisotopic (exact) mass is 258 g/mol. The molecule has 3 N–H and O–H groups in total. The summed E-state index contributed by atoms with van der Waals surface area (Å²) in [7, 11) is -1.45. The van der Waals surface area contributed by atoms with Gasteiger partial charge in [-0.25, -0.2) is 0 Å². The molecule has 0 heterocycles. The maximum absolute atomic E-state index is 9.41. The molecular formula is C14H15BO4. The first kappa shape index (κ1) is 13.5. The van der Waals surface area contributed by atoms with E-state index in [-0.39, 0.29) is 5.75 Å². The summed E-state index contributed by atoms with van der Waals surface area (Å²) in [5, 5.41) is 27.4. The molecule has 2 aromatic carbocycles. The van der Waals surface area contributed by atoms with Crippen molar-refractivity contribution >= 4 is 12.6 Å². The number of hydrogen-bond donors (Lipinski definition) is 3. The average molecular weight is 258 g/mol. The fraction of sp³-hybridized carbons (Fsp3) is 0.143. The summed E-state index contributed by atoms with van der Waals surface area (Å²) in [6.45, 7) is 2.19. The van der Waals surface area contributed by atoms with Gasteiger partial charge in [-0.1, -0.05) is 24.3 Å². The van der Waals surface area contributed by atoms with Gasteiger partial charge in [0.15, 0.2) is 0 Å². The Hall–Kier alpha value is -1.98. The van der Waals surface area contributed by atoms with Gasteiger partial charge in [0, 0.05) is 0 Å². The number of hydrogen-bond acceptors (Lipinski definition) is 4. The van der Waals surface area contributed by atoms with Crippen molar-refractivity contribution in [1.82, 2.24) is 0 Å². The maximum Gasteiger partial charge on any atom is 0.488 e. The van der Waals surface area contributed by atoms with Crippen LogP contribution in [-0.4, -0.2) is 22.3 Å². The van der Waals surface area contributed by atoms with Gasteiger partial charge in [-0.3, -0.25) is 0 Å². The van der Waals surface area contributed by atoms with Crippen molar-refractivity contribution < 1.29 is 19.9 Å². The van der Waals surface area contributed by atoms with Gasteiger partial charge in [0.05, 0.1) is 0 Å². The predicted octanol–water partition coefficient (Wildman–Crippen LogP) is 0.959. The Labute approximate surface area is 112 Å². The second-order valence-corrected chi connectivity index (χ2v) is 4.35. The number of aromatic hydroxyl groups is 1. The lowest BCUT2D eigenvalue weighted by Gasteiger charge is -2.08. The summed E-state index contributed by atoms with van der Waals surface area (Å²) in [6, 6.07) is 11.9. The Bertz CT molecular complexity index is 552. The van der Waals surface area contributed by atoms with Gasteiger partial charge in [0.1, 0.15) is 18.1 Å². The van der Waals surface area contributed by atoms with Crippen molar-refractivity contribution in [1.29, 1.82) is 0 Å². The highest BCUT2D eigenvalue weighted by molar-refractivity contribution is 6.58. The largest absolute Gasteiger partial charge is 0.508 e. The maximum atomic E-state index is 9.41. The van der Waals surface area contributed by atoms with Crippen molar-refractivity contribution in [2.24, 2.45) is 0 Å². The van der Waals surface area contributed by atoms with E-state index in [2.05, 4.69) is 0 Å². The minimum absolute atomic E-state index is 0.244. The molecule has 0 saturated heterocycles. The Kier molecular flexibility index (Phi) is 4.09. The smallest absolute Gasteiger partial charge is 0.488 e. The summed E-state index contributed by atoms with van der Waals surface area (Å²) >= 11 is 0. The first-order chi connectivity index (χ1) is 9.06. The third-order valence-electron chi connectivity index (χ3n) is 2.85. The van der Waals surface area contributed by atoms with Crippen LogP contribution in [0.3, 0.4) is 0 Å². The van der Waals surface area contributed by atoms with Crippen molar-refractivity contribution in [3.8, 4) is 11.5 Å². The molecule has 2 rings (SSSR count). The molecule has 98 valence electrons. The molecule has 0 amide bonds. The number of phenols is 1. The van der Waals surface area contributed by atoms with Gasteiger partial charge in [0.25, 0.3) is 0 Å². The second-order valence-electron chi connectivity index (χ2n) is 4.35. The molecule has 0 radical (unpaired) electrons. The lowest BCUT2D eigenvalue weighted by atomic mass is 9.80. The number of benzene rings is 2. The van der Waals surface area contributed by atoms with E-state index in [0.29, 0.717) is 17.8 Å². The number of phenolic OH excluding ortho intramolecular Hbond substituents is 1. The van der Waals surface area contributed by atoms with Crippen molar-refractivity contribution in [2.75, 3.05) is 0 Å². The van der Waals surface area contributed by atoms with Gasteiger partial charge in [-0.05, 0) is 41.7 Å². The predicted molar refractivity (Wildman–Crippen MR) is 73.4 cm³/mol. The minimum Gasteiger partial charge on any atom is -0.508 e. The van der Waals surface area contributed by atoms with Crippen LogP contribution in [0.4, 0.5) is 0 Å². The van der Waals surface area contributed by atoms with Crippen LogP contribution in [0.5, 0.6) is 11.5 Å². The zero-order valence-electron chi connectivity index (χ0n) is 10.6. The van der Waals surface area contributed by atoms with Crippen LogP contribution in [0.15, 0.2) is 42.5 Å². The standard InChI is InChI=1S/C14H15BO4/c1-10-8-13(6-7-14(10)16)19-9-11-2-4-12(5-3-11)15(17)18/h2-8,16-18H,9H2,1H3. The van der Waals surface area contributed by atoms with Crippen molar-refractivity contribution in [3.05, 3.63) is 53.6 Å². The number of ether oxygens (including phenoxy) is 1. The van der Waals surface area contributed by atoms with Gasteiger partial charge >= 0.3 is 7.12 Å². The Balaban J connectivity index is 2.00. The first-order valence-corrected chi connectivity index (χ1v) is 5.93. The van der Waals surface area contributed by atoms with E-state index in [9.17, 15) is 5.11 Å². The Morgan fingerprint density at radius 2 is 1.74 bits per heavy atom. The molecule has 2 aromatic rings. The highest BCUT2D eigenvalue weighted by Crippen LogP contribution is 2.22. The van der Waals surface area contributed by atoms with Gasteiger partial charge in [0.2, 0.25) is 0 Å². The summed E-state index contributed by atoms with van der Waals surface area (Å²) in [6.07, 6.45) is 0. The molecule has 0 aromatic heterocycles. The summed E-state index contributed by atoms with van der Waals surface area (Å²) in [5.41, 5.74) is 2.13. The second kappa shape index (κ2) is 5.78.